The van der Waals surface area contributed by atoms with Crippen molar-refractivity contribution in [1.29, 1.82) is 0 Å². The molecule has 1 aromatic heterocycles. The number of rotatable bonds is 9. The summed E-state index contributed by atoms with van der Waals surface area (Å²) in [7, 11) is 1.56. The van der Waals surface area contributed by atoms with E-state index in [1.807, 2.05) is 26.0 Å². The fourth-order valence-electron chi connectivity index (χ4n) is 4.42. The second kappa shape index (κ2) is 11.8. The molecule has 1 N–H and O–H groups in total. The molecule has 0 saturated heterocycles. The predicted molar refractivity (Wildman–Crippen MR) is 149 cm³/mol. The first-order chi connectivity index (χ1) is 18.5. The van der Waals surface area contributed by atoms with Crippen molar-refractivity contribution in [3.8, 4) is 17.0 Å². The molecule has 204 valence electrons. The maximum Gasteiger partial charge on any atom is 0.338 e. The third-order valence-electron chi connectivity index (χ3n) is 6.63. The van der Waals surface area contributed by atoms with Gasteiger partial charge in [0, 0.05) is 28.0 Å². The molecule has 9 heteroatoms. The Bertz CT molecular complexity index is 1480. The lowest BCUT2D eigenvalue weighted by Crippen LogP contribution is -2.21. The number of esters is 1. The van der Waals surface area contributed by atoms with E-state index >= 15 is 0 Å². The molecule has 4 aromatic rings. The molecule has 0 atom stereocenters. The van der Waals surface area contributed by atoms with Crippen LogP contribution >= 0.6 is 23.2 Å². The number of benzene rings is 3. The Morgan fingerprint density at radius 1 is 1.00 bits per heavy atom. The minimum Gasteiger partial charge on any atom is -0.495 e. The van der Waals surface area contributed by atoms with Crippen LogP contribution in [0.2, 0.25) is 10.0 Å². The summed E-state index contributed by atoms with van der Waals surface area (Å²) in [5, 5.41) is 0.631. The van der Waals surface area contributed by atoms with Crippen LogP contribution < -0.4 is 4.74 Å². The molecule has 0 bridgehead atoms. The number of hydrogen-bond donors (Lipinski definition) is 1. The van der Waals surface area contributed by atoms with Gasteiger partial charge in [0.25, 0.3) is 0 Å². The molecule has 0 aliphatic heterocycles. The summed E-state index contributed by atoms with van der Waals surface area (Å²) in [6.45, 7) is 5.91. The van der Waals surface area contributed by atoms with Crippen LogP contribution in [-0.4, -0.2) is 29.7 Å². The van der Waals surface area contributed by atoms with Crippen molar-refractivity contribution >= 4 is 29.2 Å². The average molecular weight is 573 g/mol. The van der Waals surface area contributed by atoms with Gasteiger partial charge in [-0.05, 0) is 67.4 Å². The number of imidazole rings is 1. The Morgan fingerprint density at radius 3 is 2.36 bits per heavy atom. The third-order valence-corrected chi connectivity index (χ3v) is 7.28. The third kappa shape index (κ3) is 6.10. The van der Waals surface area contributed by atoms with Gasteiger partial charge in [0.1, 0.15) is 23.2 Å². The van der Waals surface area contributed by atoms with Crippen LogP contribution in [0.1, 0.15) is 53.8 Å². The number of carbonyl (C=O) groups excluding carboxylic acids is 1. The second-order valence-electron chi connectivity index (χ2n) is 9.53. The van der Waals surface area contributed by atoms with Crippen molar-refractivity contribution < 1.29 is 23.0 Å². The number of halogens is 4. The smallest absolute Gasteiger partial charge is 0.338 e. The van der Waals surface area contributed by atoms with Gasteiger partial charge in [-0.25, -0.2) is 18.6 Å². The minimum absolute atomic E-state index is 0.0575. The molecular weight excluding hydrogens is 545 g/mol. The van der Waals surface area contributed by atoms with Crippen LogP contribution in [0.3, 0.4) is 0 Å². The summed E-state index contributed by atoms with van der Waals surface area (Å²) in [5.74, 6) is -0.436. The second-order valence-corrected chi connectivity index (χ2v) is 10.3. The number of carbonyl (C=O) groups is 1. The van der Waals surface area contributed by atoms with E-state index in [-0.39, 0.29) is 35.0 Å². The van der Waals surface area contributed by atoms with Crippen molar-refractivity contribution in [1.82, 2.24) is 9.97 Å². The van der Waals surface area contributed by atoms with Crippen molar-refractivity contribution in [2.75, 3.05) is 13.7 Å². The van der Waals surface area contributed by atoms with Crippen molar-refractivity contribution in [3.05, 3.63) is 104 Å². The molecule has 0 aliphatic rings. The predicted octanol–water partition coefficient (Wildman–Crippen LogP) is 7.96. The molecule has 4 rings (SSSR count). The van der Waals surface area contributed by atoms with Gasteiger partial charge in [-0.3, -0.25) is 0 Å². The maximum absolute atomic E-state index is 14.9. The van der Waals surface area contributed by atoms with E-state index in [1.54, 1.807) is 32.2 Å². The number of nitrogens with zero attached hydrogens (tertiary/aromatic N) is 1. The zero-order valence-electron chi connectivity index (χ0n) is 22.0. The highest BCUT2D eigenvalue weighted by atomic mass is 35.5. The number of aromatic amines is 1. The number of methoxy groups -OCH3 is 1. The standard InChI is InChI=1S/C30H28Cl2F2N2O3/c1-5-39-29(37)18-14-23(32)21(24(34)15-18)11-13-26-35-27(17-6-9-20(33)10-7-17)28(36-26)30(2,3)19-8-12-22(31)25(16-19)38-4/h6-10,12,14-16H,5,11,13H2,1-4H3,(H,35,36). The van der Waals surface area contributed by atoms with Crippen LogP contribution in [0, 0.1) is 11.6 Å². The van der Waals surface area contributed by atoms with E-state index in [2.05, 4.69) is 4.98 Å². The summed E-state index contributed by atoms with van der Waals surface area (Å²) in [4.78, 5) is 20.3. The molecule has 0 spiro atoms. The monoisotopic (exact) mass is 572 g/mol. The highest BCUT2D eigenvalue weighted by molar-refractivity contribution is 6.32. The number of hydrogen-bond acceptors (Lipinski definition) is 4. The van der Waals surface area contributed by atoms with E-state index in [0.29, 0.717) is 28.7 Å². The lowest BCUT2D eigenvalue weighted by atomic mass is 9.79. The number of aryl methyl sites for hydroxylation is 1. The number of ether oxygens (including phenoxy) is 2. The van der Waals surface area contributed by atoms with Gasteiger partial charge >= 0.3 is 5.97 Å². The van der Waals surface area contributed by atoms with Crippen molar-refractivity contribution in [2.45, 2.75) is 39.0 Å². The van der Waals surface area contributed by atoms with Gasteiger partial charge < -0.3 is 14.5 Å². The lowest BCUT2D eigenvalue weighted by molar-refractivity contribution is 0.0525. The zero-order chi connectivity index (χ0) is 28.3. The molecule has 0 unspecified atom stereocenters. The molecule has 0 amide bonds. The molecule has 3 aromatic carbocycles. The fourth-order valence-corrected chi connectivity index (χ4v) is 4.92. The van der Waals surface area contributed by atoms with E-state index < -0.39 is 17.2 Å². The lowest BCUT2D eigenvalue weighted by Gasteiger charge is -2.26. The first-order valence-corrected chi connectivity index (χ1v) is 13.1. The number of H-pyrrole nitrogens is 1. The van der Waals surface area contributed by atoms with E-state index in [0.717, 1.165) is 22.9 Å². The van der Waals surface area contributed by atoms with Crippen LogP contribution in [-0.2, 0) is 23.0 Å². The van der Waals surface area contributed by atoms with E-state index in [1.165, 1.54) is 18.2 Å². The Labute approximate surface area is 236 Å². The van der Waals surface area contributed by atoms with Crippen LogP contribution in [0.4, 0.5) is 8.78 Å². The summed E-state index contributed by atoms with van der Waals surface area (Å²) in [5.41, 5.74) is 2.83. The summed E-state index contributed by atoms with van der Waals surface area (Å²) >= 11 is 12.6. The van der Waals surface area contributed by atoms with Gasteiger partial charge in [0.2, 0.25) is 0 Å². The van der Waals surface area contributed by atoms with Gasteiger partial charge in [0.15, 0.2) is 0 Å². The molecule has 1 heterocycles. The van der Waals surface area contributed by atoms with Gasteiger partial charge in [-0.2, -0.15) is 0 Å². The highest BCUT2D eigenvalue weighted by Gasteiger charge is 2.31. The topological polar surface area (TPSA) is 64.2 Å². The molecule has 5 nitrogen and oxygen atoms in total. The zero-order valence-corrected chi connectivity index (χ0v) is 23.5. The fraction of sp³-hybridized carbons (Fsp3) is 0.267. The van der Waals surface area contributed by atoms with Gasteiger partial charge in [-0.1, -0.05) is 43.1 Å². The normalized spacial score (nSPS) is 11.5. The van der Waals surface area contributed by atoms with E-state index in [9.17, 15) is 13.6 Å². The van der Waals surface area contributed by atoms with Gasteiger partial charge in [-0.15, -0.1) is 0 Å². The quantitative estimate of drug-likeness (QED) is 0.207. The van der Waals surface area contributed by atoms with Crippen LogP contribution in [0.15, 0.2) is 54.6 Å². The molecule has 0 aliphatic carbocycles. The number of aromatic nitrogens is 2. The van der Waals surface area contributed by atoms with Crippen molar-refractivity contribution in [3.63, 3.8) is 0 Å². The first kappa shape index (κ1) is 28.6. The SMILES string of the molecule is CCOC(=O)c1cc(F)c(CCc2nc(-c3ccc(F)cc3)c(C(C)(C)c3ccc(Cl)c(OC)c3)[nH]2)c(Cl)c1. The van der Waals surface area contributed by atoms with Crippen molar-refractivity contribution in [2.24, 2.45) is 0 Å². The molecule has 0 fully saturated rings. The van der Waals surface area contributed by atoms with Crippen LogP contribution in [0.25, 0.3) is 11.3 Å². The summed E-state index contributed by atoms with van der Waals surface area (Å²) in [6, 6.07) is 14.2. The molecular formula is C30H28Cl2F2N2O3. The number of nitrogens with one attached hydrogen (secondary N) is 1. The molecule has 39 heavy (non-hydrogen) atoms. The van der Waals surface area contributed by atoms with Gasteiger partial charge in [0.05, 0.1) is 35.7 Å². The minimum atomic E-state index is -0.634. The summed E-state index contributed by atoms with van der Waals surface area (Å²) in [6.07, 6.45) is 0.572. The highest BCUT2D eigenvalue weighted by Crippen LogP contribution is 2.39. The maximum atomic E-state index is 14.9. The Morgan fingerprint density at radius 2 is 1.72 bits per heavy atom. The van der Waals surface area contributed by atoms with Crippen LogP contribution in [0.5, 0.6) is 5.75 Å². The summed E-state index contributed by atoms with van der Waals surface area (Å²) < 4.78 is 39.0. The molecule has 0 saturated carbocycles. The Kier molecular flexibility index (Phi) is 8.62. The largest absolute Gasteiger partial charge is 0.495 e. The molecule has 0 radical (unpaired) electrons. The Hall–Kier alpha value is -3.42. The average Bonchev–Trinajstić information content (AvgIpc) is 3.34. The van der Waals surface area contributed by atoms with E-state index in [4.69, 9.17) is 37.7 Å². The Balaban J connectivity index is 1.71. The first-order valence-electron chi connectivity index (χ1n) is 12.4.